The molecule has 104 valence electrons. The minimum atomic E-state index is -0.527. The van der Waals surface area contributed by atoms with Crippen molar-refractivity contribution < 1.29 is 4.79 Å². The van der Waals surface area contributed by atoms with Gasteiger partial charge in [-0.05, 0) is 24.1 Å². The first-order valence-corrected chi connectivity index (χ1v) is 6.83. The van der Waals surface area contributed by atoms with Crippen molar-refractivity contribution in [2.75, 3.05) is 5.32 Å². The Bertz CT molecular complexity index is 596. The zero-order chi connectivity index (χ0) is 14.6. The molecular formula is C16H17ClN2O. The number of hydrogen-bond donors (Lipinski definition) is 1. The van der Waals surface area contributed by atoms with Crippen LogP contribution in [0.15, 0.2) is 48.7 Å². The lowest BCUT2D eigenvalue weighted by molar-refractivity contribution is -0.123. The molecule has 0 saturated carbocycles. The van der Waals surface area contributed by atoms with Crippen LogP contribution in [0.5, 0.6) is 0 Å². The van der Waals surface area contributed by atoms with E-state index in [2.05, 4.69) is 10.3 Å². The van der Waals surface area contributed by atoms with Crippen LogP contribution in [0.25, 0.3) is 0 Å². The van der Waals surface area contributed by atoms with Gasteiger partial charge in [-0.2, -0.15) is 0 Å². The molecule has 1 aromatic carbocycles. The lowest BCUT2D eigenvalue weighted by Crippen LogP contribution is -2.32. The number of amides is 1. The molecule has 0 aliphatic rings. The van der Waals surface area contributed by atoms with Crippen molar-refractivity contribution in [3.63, 3.8) is 0 Å². The Balaban J connectivity index is 2.10. The van der Waals surface area contributed by atoms with E-state index in [0.717, 1.165) is 5.56 Å². The molecule has 0 spiro atoms. The first-order chi connectivity index (χ1) is 9.49. The topological polar surface area (TPSA) is 42.0 Å². The van der Waals surface area contributed by atoms with E-state index < -0.39 is 5.41 Å². The van der Waals surface area contributed by atoms with Gasteiger partial charge in [0.25, 0.3) is 0 Å². The molecule has 2 rings (SSSR count). The lowest BCUT2D eigenvalue weighted by atomic mass is 9.85. The number of nitrogens with zero attached hydrogens (tertiary/aromatic N) is 1. The van der Waals surface area contributed by atoms with Crippen LogP contribution in [0.2, 0.25) is 5.15 Å². The van der Waals surface area contributed by atoms with Crippen molar-refractivity contribution >= 4 is 23.2 Å². The summed E-state index contributed by atoms with van der Waals surface area (Å²) in [4.78, 5) is 16.3. The fourth-order valence-electron chi connectivity index (χ4n) is 1.96. The van der Waals surface area contributed by atoms with E-state index in [9.17, 15) is 4.79 Å². The van der Waals surface area contributed by atoms with Gasteiger partial charge in [-0.15, -0.1) is 0 Å². The van der Waals surface area contributed by atoms with Crippen molar-refractivity contribution in [2.24, 2.45) is 5.41 Å². The van der Waals surface area contributed by atoms with E-state index in [4.69, 9.17) is 11.6 Å². The molecule has 0 saturated heterocycles. The number of pyridine rings is 1. The molecule has 0 atom stereocenters. The van der Waals surface area contributed by atoms with Crippen molar-refractivity contribution in [1.82, 2.24) is 4.98 Å². The number of benzene rings is 1. The Morgan fingerprint density at radius 2 is 1.90 bits per heavy atom. The Morgan fingerprint density at radius 1 is 1.20 bits per heavy atom. The molecule has 1 aromatic heterocycles. The Kier molecular flexibility index (Phi) is 4.40. The number of anilines is 1. The average molecular weight is 289 g/mol. The molecule has 1 N–H and O–H groups in total. The molecule has 1 amide bonds. The average Bonchev–Trinajstić information content (AvgIpc) is 2.42. The summed E-state index contributed by atoms with van der Waals surface area (Å²) in [5.74, 6) is -0.0729. The predicted molar refractivity (Wildman–Crippen MR) is 81.8 cm³/mol. The standard InChI is InChI=1S/C16H17ClN2O/c1-16(2,11-12-7-4-3-5-8-12)15(20)19-13-9-6-10-18-14(13)17/h3-10H,11H2,1-2H3,(H,19,20). The van der Waals surface area contributed by atoms with Gasteiger partial charge in [0.15, 0.2) is 5.15 Å². The van der Waals surface area contributed by atoms with E-state index in [0.29, 0.717) is 17.3 Å². The highest BCUT2D eigenvalue weighted by molar-refractivity contribution is 6.32. The van der Waals surface area contributed by atoms with Crippen LogP contribution in [0.3, 0.4) is 0 Å². The first kappa shape index (κ1) is 14.5. The summed E-state index contributed by atoms with van der Waals surface area (Å²) < 4.78 is 0. The smallest absolute Gasteiger partial charge is 0.230 e. The Hall–Kier alpha value is -1.87. The van der Waals surface area contributed by atoms with E-state index in [1.54, 1.807) is 18.3 Å². The number of nitrogens with one attached hydrogen (secondary N) is 1. The SMILES string of the molecule is CC(C)(Cc1ccccc1)C(=O)Nc1cccnc1Cl. The third kappa shape index (κ3) is 3.58. The maximum absolute atomic E-state index is 12.4. The van der Waals surface area contributed by atoms with Crippen LogP contribution in [-0.4, -0.2) is 10.9 Å². The Morgan fingerprint density at radius 3 is 2.55 bits per heavy atom. The summed E-state index contributed by atoms with van der Waals surface area (Å²) in [7, 11) is 0. The van der Waals surface area contributed by atoms with Crippen molar-refractivity contribution in [3.8, 4) is 0 Å². The van der Waals surface area contributed by atoms with Gasteiger partial charge in [0.2, 0.25) is 5.91 Å². The fourth-order valence-corrected chi connectivity index (χ4v) is 2.12. The molecule has 4 heteroatoms. The zero-order valence-corrected chi connectivity index (χ0v) is 12.3. The number of hydrogen-bond acceptors (Lipinski definition) is 2. The van der Waals surface area contributed by atoms with Gasteiger partial charge in [-0.3, -0.25) is 4.79 Å². The molecule has 0 bridgehead atoms. The fraction of sp³-hybridized carbons (Fsp3) is 0.250. The maximum atomic E-state index is 12.4. The quantitative estimate of drug-likeness (QED) is 0.866. The van der Waals surface area contributed by atoms with Crippen molar-refractivity contribution in [1.29, 1.82) is 0 Å². The van der Waals surface area contributed by atoms with Gasteiger partial charge >= 0.3 is 0 Å². The molecule has 2 aromatic rings. The van der Waals surface area contributed by atoms with E-state index >= 15 is 0 Å². The third-order valence-electron chi connectivity index (χ3n) is 3.11. The molecule has 1 heterocycles. The van der Waals surface area contributed by atoms with Crippen LogP contribution in [-0.2, 0) is 11.2 Å². The van der Waals surface area contributed by atoms with E-state index in [-0.39, 0.29) is 5.91 Å². The molecule has 20 heavy (non-hydrogen) atoms. The van der Waals surface area contributed by atoms with Crippen LogP contribution in [0, 0.1) is 5.41 Å². The highest BCUT2D eigenvalue weighted by Crippen LogP contribution is 2.26. The lowest BCUT2D eigenvalue weighted by Gasteiger charge is -2.23. The van der Waals surface area contributed by atoms with Gasteiger partial charge in [0.05, 0.1) is 5.69 Å². The van der Waals surface area contributed by atoms with Crippen molar-refractivity contribution in [3.05, 3.63) is 59.4 Å². The van der Waals surface area contributed by atoms with E-state index in [1.165, 1.54) is 0 Å². The second kappa shape index (κ2) is 6.06. The second-order valence-electron chi connectivity index (χ2n) is 5.34. The normalized spacial score (nSPS) is 11.2. The number of aromatic nitrogens is 1. The van der Waals surface area contributed by atoms with Gasteiger partial charge in [0, 0.05) is 11.6 Å². The number of halogens is 1. The minimum absolute atomic E-state index is 0.0729. The summed E-state index contributed by atoms with van der Waals surface area (Å²) >= 11 is 5.95. The second-order valence-corrected chi connectivity index (χ2v) is 5.70. The van der Waals surface area contributed by atoms with Crippen LogP contribution in [0.1, 0.15) is 19.4 Å². The molecule has 0 unspecified atom stereocenters. The maximum Gasteiger partial charge on any atom is 0.230 e. The monoisotopic (exact) mass is 288 g/mol. The summed E-state index contributed by atoms with van der Waals surface area (Å²) in [5.41, 5.74) is 1.14. The number of carbonyl (C=O) groups is 1. The van der Waals surface area contributed by atoms with Crippen LogP contribution >= 0.6 is 11.6 Å². The van der Waals surface area contributed by atoms with Gasteiger partial charge in [0.1, 0.15) is 0 Å². The number of carbonyl (C=O) groups excluding carboxylic acids is 1. The molecule has 0 fully saturated rings. The number of rotatable bonds is 4. The van der Waals surface area contributed by atoms with Gasteiger partial charge in [-0.25, -0.2) is 4.98 Å². The van der Waals surface area contributed by atoms with Crippen molar-refractivity contribution in [2.45, 2.75) is 20.3 Å². The molecule has 0 aliphatic carbocycles. The highest BCUT2D eigenvalue weighted by atomic mass is 35.5. The van der Waals surface area contributed by atoms with Gasteiger partial charge in [-0.1, -0.05) is 55.8 Å². The predicted octanol–water partition coefficient (Wildman–Crippen LogP) is 3.94. The molecular weight excluding hydrogens is 272 g/mol. The minimum Gasteiger partial charge on any atom is -0.323 e. The van der Waals surface area contributed by atoms with Crippen LogP contribution < -0.4 is 5.32 Å². The zero-order valence-electron chi connectivity index (χ0n) is 11.6. The highest BCUT2D eigenvalue weighted by Gasteiger charge is 2.28. The van der Waals surface area contributed by atoms with Crippen LogP contribution in [0.4, 0.5) is 5.69 Å². The third-order valence-corrected chi connectivity index (χ3v) is 3.41. The van der Waals surface area contributed by atoms with E-state index in [1.807, 2.05) is 44.2 Å². The first-order valence-electron chi connectivity index (χ1n) is 6.45. The largest absolute Gasteiger partial charge is 0.323 e. The van der Waals surface area contributed by atoms with Gasteiger partial charge < -0.3 is 5.32 Å². The molecule has 0 aliphatic heterocycles. The summed E-state index contributed by atoms with van der Waals surface area (Å²) in [6.07, 6.45) is 2.25. The summed E-state index contributed by atoms with van der Waals surface area (Å²) in [5, 5.41) is 3.14. The summed E-state index contributed by atoms with van der Waals surface area (Å²) in [6.45, 7) is 3.83. The molecule has 3 nitrogen and oxygen atoms in total. The Labute approximate surface area is 124 Å². The summed E-state index contributed by atoms with van der Waals surface area (Å²) in [6, 6.07) is 13.4. The molecule has 0 radical (unpaired) electrons.